The fourth-order valence-electron chi connectivity index (χ4n) is 4.68. The van der Waals surface area contributed by atoms with Crippen molar-refractivity contribution in [2.75, 3.05) is 18.5 Å². The van der Waals surface area contributed by atoms with Gasteiger partial charge in [0, 0.05) is 6.42 Å². The van der Waals surface area contributed by atoms with E-state index in [1.54, 1.807) is 18.2 Å². The molecule has 0 aromatic heterocycles. The van der Waals surface area contributed by atoms with Crippen LogP contribution in [-0.4, -0.2) is 58.3 Å². The molecule has 5 rings (SSSR count). The molecule has 4 amide bonds. The van der Waals surface area contributed by atoms with E-state index in [4.69, 9.17) is 9.84 Å². The number of carbonyl (C=O) groups excluding carboxylic acids is 3. The van der Waals surface area contributed by atoms with Gasteiger partial charge in [-0.2, -0.15) is 0 Å². The largest absolute Gasteiger partial charge is 0.491 e. The van der Waals surface area contributed by atoms with E-state index in [0.717, 1.165) is 23.3 Å². The van der Waals surface area contributed by atoms with Gasteiger partial charge >= 0.3 is 6.03 Å². The number of ether oxygens (including phenoxy) is 1. The molecular weight excluding hydrogens is 536 g/mol. The zero-order chi connectivity index (χ0) is 29.1. The summed E-state index contributed by atoms with van der Waals surface area (Å²) in [7, 11) is 0. The Kier molecular flexibility index (Phi) is 8.27. The Morgan fingerprint density at radius 2 is 1.71 bits per heavy atom. The lowest BCUT2D eigenvalue weighted by Crippen LogP contribution is -2.49. The van der Waals surface area contributed by atoms with Gasteiger partial charge in [0.2, 0.25) is 5.91 Å². The lowest BCUT2D eigenvalue weighted by molar-refractivity contribution is -0.134. The molecule has 11 heteroatoms. The number of aliphatic hydroxyl groups excluding tert-OH is 2. The molecule has 1 aliphatic heterocycles. The summed E-state index contributed by atoms with van der Waals surface area (Å²) in [6.45, 7) is -0.589. The van der Waals surface area contributed by atoms with Gasteiger partial charge < -0.3 is 25.6 Å². The van der Waals surface area contributed by atoms with Crippen molar-refractivity contribution in [2.45, 2.75) is 43.4 Å². The van der Waals surface area contributed by atoms with Crippen LogP contribution in [0.1, 0.15) is 41.5 Å². The van der Waals surface area contributed by atoms with Crippen LogP contribution in [0.4, 0.5) is 19.3 Å². The monoisotopic (exact) mass is 565 g/mol. The number of rotatable bonds is 11. The number of nitrogens with zero attached hydrogens (tertiary/aromatic N) is 1. The molecule has 214 valence electrons. The van der Waals surface area contributed by atoms with Gasteiger partial charge in [-0.1, -0.05) is 30.3 Å². The minimum atomic E-state index is -1.36. The Morgan fingerprint density at radius 3 is 2.34 bits per heavy atom. The van der Waals surface area contributed by atoms with Gasteiger partial charge in [-0.15, -0.1) is 0 Å². The lowest BCUT2D eigenvalue weighted by Gasteiger charge is -2.25. The number of hydrogen-bond donors (Lipinski definition) is 4. The molecule has 1 heterocycles. The van der Waals surface area contributed by atoms with E-state index < -0.39 is 54.3 Å². The second-order valence-electron chi connectivity index (χ2n) is 10.2. The molecule has 0 bridgehead atoms. The van der Waals surface area contributed by atoms with Crippen LogP contribution in [0.25, 0.3) is 0 Å². The maximum Gasteiger partial charge on any atom is 0.325 e. The number of imide groups is 1. The molecule has 0 spiro atoms. The predicted octanol–water partition coefficient (Wildman–Crippen LogP) is 3.42. The van der Waals surface area contributed by atoms with Crippen LogP contribution < -0.4 is 15.4 Å². The number of urea groups is 1. The highest BCUT2D eigenvalue weighted by Crippen LogP contribution is 2.40. The summed E-state index contributed by atoms with van der Waals surface area (Å²) in [6, 6.07) is 12.8. The molecule has 3 aromatic rings. The number of nitrogens with one attached hydrogen (secondary N) is 2. The Hall–Kier alpha value is -4.35. The fourth-order valence-corrected chi connectivity index (χ4v) is 4.68. The zero-order valence-corrected chi connectivity index (χ0v) is 21.9. The van der Waals surface area contributed by atoms with Gasteiger partial charge in [-0.3, -0.25) is 9.59 Å². The van der Waals surface area contributed by atoms with Crippen molar-refractivity contribution in [2.24, 2.45) is 0 Å². The minimum Gasteiger partial charge on any atom is -0.491 e. The smallest absolute Gasteiger partial charge is 0.325 e. The number of halogens is 2. The van der Waals surface area contributed by atoms with Crippen LogP contribution in [0.15, 0.2) is 66.7 Å². The molecule has 0 radical (unpaired) electrons. The average Bonchev–Trinajstić information content (AvgIpc) is 3.78. The second kappa shape index (κ2) is 12.0. The predicted molar refractivity (Wildman–Crippen MR) is 144 cm³/mol. The van der Waals surface area contributed by atoms with Crippen LogP contribution in [0.2, 0.25) is 0 Å². The number of amides is 4. The van der Waals surface area contributed by atoms with E-state index in [1.807, 2.05) is 0 Å². The van der Waals surface area contributed by atoms with Gasteiger partial charge in [0.15, 0.2) is 0 Å². The summed E-state index contributed by atoms with van der Waals surface area (Å²) in [5, 5.41) is 23.5. The summed E-state index contributed by atoms with van der Waals surface area (Å²) >= 11 is 0. The highest BCUT2D eigenvalue weighted by atomic mass is 19.1. The third kappa shape index (κ3) is 6.53. The lowest BCUT2D eigenvalue weighted by atomic mass is 10.0. The summed E-state index contributed by atoms with van der Waals surface area (Å²) in [4.78, 5) is 40.9. The van der Waals surface area contributed by atoms with Crippen molar-refractivity contribution < 1.29 is 38.1 Å². The number of anilines is 1. The zero-order valence-electron chi connectivity index (χ0n) is 21.9. The molecule has 41 heavy (non-hydrogen) atoms. The van der Waals surface area contributed by atoms with Crippen molar-refractivity contribution in [1.82, 2.24) is 10.2 Å². The third-order valence-corrected chi connectivity index (χ3v) is 7.09. The molecule has 2 aliphatic rings. The van der Waals surface area contributed by atoms with Crippen LogP contribution in [0, 0.1) is 11.6 Å². The normalized spacial score (nSPS) is 18.1. The van der Waals surface area contributed by atoms with Crippen molar-refractivity contribution in [3.05, 3.63) is 95.1 Å². The molecule has 1 aliphatic carbocycles. The van der Waals surface area contributed by atoms with Gasteiger partial charge in [0.25, 0.3) is 5.91 Å². The van der Waals surface area contributed by atoms with E-state index in [-0.39, 0.29) is 18.7 Å². The molecule has 1 saturated carbocycles. The van der Waals surface area contributed by atoms with Gasteiger partial charge in [0.05, 0.1) is 12.3 Å². The molecule has 2 fully saturated rings. The number of aliphatic hydroxyl groups is 2. The minimum absolute atomic E-state index is 0.0750. The molecule has 1 saturated heterocycles. The maximum atomic E-state index is 14.8. The second-order valence-corrected chi connectivity index (χ2v) is 10.2. The molecule has 9 nitrogen and oxygen atoms in total. The number of benzene rings is 3. The first kappa shape index (κ1) is 28.2. The van der Waals surface area contributed by atoms with Crippen molar-refractivity contribution in [3.63, 3.8) is 0 Å². The fraction of sp³-hybridized carbons (Fsp3) is 0.300. The van der Waals surface area contributed by atoms with Crippen LogP contribution in [0.5, 0.6) is 5.75 Å². The Bertz CT molecular complexity index is 1430. The van der Waals surface area contributed by atoms with Crippen molar-refractivity contribution >= 4 is 23.5 Å². The number of carbonyl (C=O) groups is 3. The molecule has 4 N–H and O–H groups in total. The Balaban J connectivity index is 1.36. The molecule has 1 unspecified atom stereocenters. The van der Waals surface area contributed by atoms with Crippen LogP contribution in [0.3, 0.4) is 0 Å². The summed E-state index contributed by atoms with van der Waals surface area (Å²) in [5.41, 5.74) is 1.69. The summed E-state index contributed by atoms with van der Waals surface area (Å²) in [5.74, 6) is -1.88. The average molecular weight is 566 g/mol. The Labute approximate surface area is 234 Å². The SMILES string of the molecule is O=C(Nc1ccc(C2CC2)cc1F)C(Cc1ccc(F)cc1)N1C(=O)N[C@H](c2ccc(OC[C@H](O)CO)cc2)C1=O. The van der Waals surface area contributed by atoms with Gasteiger partial charge in [-0.05, 0) is 71.8 Å². The molecule has 3 aromatic carbocycles. The van der Waals surface area contributed by atoms with Crippen molar-refractivity contribution in [3.8, 4) is 5.75 Å². The van der Waals surface area contributed by atoms with Crippen molar-refractivity contribution in [1.29, 1.82) is 0 Å². The van der Waals surface area contributed by atoms with E-state index in [1.165, 1.54) is 48.5 Å². The van der Waals surface area contributed by atoms with E-state index in [0.29, 0.717) is 22.8 Å². The van der Waals surface area contributed by atoms with E-state index in [9.17, 15) is 28.3 Å². The van der Waals surface area contributed by atoms with E-state index in [2.05, 4.69) is 10.6 Å². The molecular formula is C30H29F2N3O6. The van der Waals surface area contributed by atoms with Gasteiger partial charge in [0.1, 0.15) is 42.2 Å². The first-order chi connectivity index (χ1) is 19.7. The summed E-state index contributed by atoms with van der Waals surface area (Å²) < 4.78 is 33.7. The quantitative estimate of drug-likeness (QED) is 0.264. The first-order valence-electron chi connectivity index (χ1n) is 13.2. The molecule has 3 atom stereocenters. The van der Waals surface area contributed by atoms with Crippen LogP contribution >= 0.6 is 0 Å². The third-order valence-electron chi connectivity index (χ3n) is 7.09. The first-order valence-corrected chi connectivity index (χ1v) is 13.2. The summed E-state index contributed by atoms with van der Waals surface area (Å²) in [6.07, 6.45) is 0.800. The standard InChI is InChI=1S/C30H29F2N3O6/c31-21-8-1-17(2-9-21)13-26(28(38)33-25-12-7-20(14-24(25)32)18-3-4-18)35-29(39)27(34-30(35)40)19-5-10-23(11-6-19)41-16-22(37)15-36/h1-2,5-12,14,18,22,26-27,36-37H,3-4,13,15-16H2,(H,33,38)(H,34,40)/t22-,26?,27-/m1/s1. The topological polar surface area (TPSA) is 128 Å². The highest BCUT2D eigenvalue weighted by molar-refractivity contribution is 6.09. The number of hydrogen-bond acceptors (Lipinski definition) is 6. The van der Waals surface area contributed by atoms with Crippen LogP contribution in [-0.2, 0) is 16.0 Å². The van der Waals surface area contributed by atoms with Gasteiger partial charge in [-0.25, -0.2) is 18.5 Å². The highest BCUT2D eigenvalue weighted by Gasteiger charge is 2.45. The Morgan fingerprint density at radius 1 is 1.02 bits per heavy atom. The maximum absolute atomic E-state index is 14.8. The van der Waals surface area contributed by atoms with E-state index >= 15 is 0 Å².